The Bertz CT molecular complexity index is 419. The van der Waals surface area contributed by atoms with Crippen LogP contribution in [0.25, 0.3) is 0 Å². The fourth-order valence-corrected chi connectivity index (χ4v) is 2.76. The Morgan fingerprint density at radius 2 is 2.16 bits per heavy atom. The lowest BCUT2D eigenvalue weighted by Gasteiger charge is -2.18. The van der Waals surface area contributed by atoms with Crippen molar-refractivity contribution >= 4 is 0 Å². The van der Waals surface area contributed by atoms with E-state index in [-0.39, 0.29) is 12.1 Å². The predicted molar refractivity (Wildman–Crippen MR) is 77.4 cm³/mol. The maximum atomic E-state index is 6.22. The summed E-state index contributed by atoms with van der Waals surface area (Å²) in [4.78, 5) is 5.16. The first kappa shape index (κ1) is 14.4. The number of benzene rings is 1. The molecule has 2 rings (SSSR count). The lowest BCUT2D eigenvalue weighted by Crippen LogP contribution is -2.30. The number of para-hydroxylation sites is 1. The summed E-state index contributed by atoms with van der Waals surface area (Å²) in [6.07, 6.45) is 3.44. The molecule has 3 unspecified atom stereocenters. The zero-order valence-electron chi connectivity index (χ0n) is 12.4. The van der Waals surface area contributed by atoms with Crippen molar-refractivity contribution in [1.82, 2.24) is 5.48 Å². The second-order valence-corrected chi connectivity index (χ2v) is 5.32. The molecule has 0 bridgehead atoms. The topological polar surface area (TPSA) is 30.5 Å². The molecular formula is C16H25NO2. The molecule has 3 atom stereocenters. The Hall–Kier alpha value is -1.06. The lowest BCUT2D eigenvalue weighted by atomic mass is 9.93. The molecule has 0 saturated carbocycles. The minimum atomic E-state index is 0.143. The minimum Gasteiger partial charge on any atom is -0.488 e. The van der Waals surface area contributed by atoms with E-state index in [0.717, 1.165) is 25.0 Å². The van der Waals surface area contributed by atoms with E-state index >= 15 is 0 Å². The zero-order valence-corrected chi connectivity index (χ0v) is 12.4. The summed E-state index contributed by atoms with van der Waals surface area (Å²) in [7, 11) is 1.67. The first-order chi connectivity index (χ1) is 9.22. The number of nitrogens with one attached hydrogen (secondary N) is 1. The van der Waals surface area contributed by atoms with Crippen LogP contribution in [0.5, 0.6) is 5.75 Å². The average Bonchev–Trinajstić information content (AvgIpc) is 2.77. The van der Waals surface area contributed by atoms with Crippen LogP contribution in [0.1, 0.15) is 63.1 Å². The van der Waals surface area contributed by atoms with Crippen molar-refractivity contribution in [3.05, 3.63) is 29.3 Å². The molecule has 1 heterocycles. The summed E-state index contributed by atoms with van der Waals surface area (Å²) in [6.45, 7) is 6.66. The molecule has 1 N–H and O–H groups in total. The monoisotopic (exact) mass is 263 g/mol. The third kappa shape index (κ3) is 2.77. The molecule has 0 saturated heterocycles. The fourth-order valence-electron chi connectivity index (χ4n) is 2.76. The van der Waals surface area contributed by atoms with Gasteiger partial charge in [0.25, 0.3) is 0 Å². The second-order valence-electron chi connectivity index (χ2n) is 5.32. The molecule has 1 aliphatic rings. The van der Waals surface area contributed by atoms with Crippen LogP contribution in [0, 0.1) is 0 Å². The standard InChI is InChI=1S/C16H25NO2/c1-5-8-14-15(17-18-4)13-10-7-9-12(11(3)6-2)16(13)19-14/h7,9-11,14-15,17H,5-6,8H2,1-4H3. The summed E-state index contributed by atoms with van der Waals surface area (Å²) in [5.41, 5.74) is 5.65. The van der Waals surface area contributed by atoms with E-state index in [1.54, 1.807) is 7.11 Å². The number of ether oxygens (including phenoxy) is 1. The normalized spacial score (nSPS) is 22.9. The van der Waals surface area contributed by atoms with Crippen molar-refractivity contribution in [3.8, 4) is 5.75 Å². The quantitative estimate of drug-likeness (QED) is 0.788. The van der Waals surface area contributed by atoms with Crippen LogP contribution in [0.4, 0.5) is 0 Å². The van der Waals surface area contributed by atoms with Crippen molar-refractivity contribution in [2.75, 3.05) is 7.11 Å². The van der Waals surface area contributed by atoms with E-state index < -0.39 is 0 Å². The van der Waals surface area contributed by atoms with Crippen LogP contribution in [0.15, 0.2) is 18.2 Å². The molecule has 1 aromatic carbocycles. The van der Waals surface area contributed by atoms with Gasteiger partial charge in [0, 0.05) is 5.56 Å². The summed E-state index contributed by atoms with van der Waals surface area (Å²) >= 11 is 0. The summed E-state index contributed by atoms with van der Waals surface area (Å²) in [5, 5.41) is 0. The van der Waals surface area contributed by atoms with Gasteiger partial charge >= 0.3 is 0 Å². The number of hydrogen-bond donors (Lipinski definition) is 1. The van der Waals surface area contributed by atoms with Crippen molar-refractivity contribution < 1.29 is 9.57 Å². The Balaban J connectivity index is 2.34. The molecule has 0 aromatic heterocycles. The highest BCUT2D eigenvalue weighted by Gasteiger charge is 2.35. The highest BCUT2D eigenvalue weighted by atomic mass is 16.6. The summed E-state index contributed by atoms with van der Waals surface area (Å²) < 4.78 is 6.22. The van der Waals surface area contributed by atoms with Crippen molar-refractivity contribution in [2.45, 2.75) is 58.1 Å². The Kier molecular flexibility index (Phi) is 4.83. The number of rotatable bonds is 6. The molecule has 0 aliphatic carbocycles. The van der Waals surface area contributed by atoms with Crippen LogP contribution >= 0.6 is 0 Å². The van der Waals surface area contributed by atoms with Crippen LogP contribution < -0.4 is 10.2 Å². The van der Waals surface area contributed by atoms with Crippen LogP contribution in [0.3, 0.4) is 0 Å². The molecule has 1 aromatic rings. The Labute approximate surface area is 116 Å². The molecule has 0 radical (unpaired) electrons. The SMILES string of the molecule is CCCC1Oc2c(C(C)CC)cccc2C1NOC. The van der Waals surface area contributed by atoms with E-state index in [1.807, 2.05) is 0 Å². The summed E-state index contributed by atoms with van der Waals surface area (Å²) in [6, 6.07) is 6.60. The van der Waals surface area contributed by atoms with Gasteiger partial charge in [-0.15, -0.1) is 0 Å². The van der Waals surface area contributed by atoms with Gasteiger partial charge in [0.2, 0.25) is 0 Å². The molecule has 0 amide bonds. The van der Waals surface area contributed by atoms with E-state index in [2.05, 4.69) is 44.5 Å². The van der Waals surface area contributed by atoms with E-state index in [4.69, 9.17) is 9.57 Å². The Morgan fingerprint density at radius 1 is 1.37 bits per heavy atom. The van der Waals surface area contributed by atoms with Gasteiger partial charge < -0.3 is 9.57 Å². The third-order valence-corrected chi connectivity index (χ3v) is 4.01. The first-order valence-electron chi connectivity index (χ1n) is 7.30. The minimum absolute atomic E-state index is 0.143. The van der Waals surface area contributed by atoms with Gasteiger partial charge in [0.05, 0.1) is 13.2 Å². The molecule has 0 spiro atoms. The zero-order chi connectivity index (χ0) is 13.8. The van der Waals surface area contributed by atoms with E-state index in [1.165, 1.54) is 11.1 Å². The number of fused-ring (bicyclic) bond motifs is 1. The van der Waals surface area contributed by atoms with Crippen molar-refractivity contribution in [1.29, 1.82) is 0 Å². The van der Waals surface area contributed by atoms with Crippen molar-refractivity contribution in [2.24, 2.45) is 0 Å². The molecule has 0 fully saturated rings. The van der Waals surface area contributed by atoms with Gasteiger partial charge in [-0.3, -0.25) is 0 Å². The van der Waals surface area contributed by atoms with E-state index in [0.29, 0.717) is 5.92 Å². The number of hydrogen-bond acceptors (Lipinski definition) is 3. The van der Waals surface area contributed by atoms with Gasteiger partial charge in [-0.25, -0.2) is 0 Å². The van der Waals surface area contributed by atoms with Crippen LogP contribution in [-0.2, 0) is 4.84 Å². The number of hydroxylamine groups is 1. The smallest absolute Gasteiger partial charge is 0.128 e. The molecule has 3 nitrogen and oxygen atoms in total. The predicted octanol–water partition coefficient (Wildman–Crippen LogP) is 3.95. The first-order valence-corrected chi connectivity index (χ1v) is 7.30. The molecular weight excluding hydrogens is 238 g/mol. The van der Waals surface area contributed by atoms with Crippen LogP contribution in [-0.4, -0.2) is 13.2 Å². The largest absolute Gasteiger partial charge is 0.488 e. The summed E-state index contributed by atoms with van der Waals surface area (Å²) in [5.74, 6) is 1.60. The highest BCUT2D eigenvalue weighted by Crippen LogP contribution is 2.43. The van der Waals surface area contributed by atoms with Gasteiger partial charge in [0.1, 0.15) is 11.9 Å². The highest BCUT2D eigenvalue weighted by molar-refractivity contribution is 5.48. The molecule has 3 heteroatoms. The van der Waals surface area contributed by atoms with Gasteiger partial charge in [-0.05, 0) is 24.3 Å². The maximum Gasteiger partial charge on any atom is 0.128 e. The third-order valence-electron chi connectivity index (χ3n) is 4.01. The fraction of sp³-hybridized carbons (Fsp3) is 0.625. The molecule has 1 aliphatic heterocycles. The van der Waals surface area contributed by atoms with Gasteiger partial charge in [0.15, 0.2) is 0 Å². The van der Waals surface area contributed by atoms with Crippen molar-refractivity contribution in [3.63, 3.8) is 0 Å². The van der Waals surface area contributed by atoms with Crippen LogP contribution in [0.2, 0.25) is 0 Å². The van der Waals surface area contributed by atoms with Gasteiger partial charge in [-0.2, -0.15) is 5.48 Å². The lowest BCUT2D eigenvalue weighted by molar-refractivity contribution is 0.0268. The molecule has 19 heavy (non-hydrogen) atoms. The molecule has 106 valence electrons. The maximum absolute atomic E-state index is 6.22. The Morgan fingerprint density at radius 3 is 2.79 bits per heavy atom. The van der Waals surface area contributed by atoms with Gasteiger partial charge in [-0.1, -0.05) is 45.4 Å². The average molecular weight is 263 g/mol. The second kappa shape index (κ2) is 6.40. The van der Waals surface area contributed by atoms with E-state index in [9.17, 15) is 0 Å².